The molecule has 0 saturated carbocycles. The number of benzene rings is 2. The number of nitrogen functional groups attached to an aromatic ring is 2. The zero-order chi connectivity index (χ0) is 22.4. The highest BCUT2D eigenvalue weighted by Crippen LogP contribution is 2.38. The van der Waals surface area contributed by atoms with Gasteiger partial charge in [-0.2, -0.15) is 4.98 Å². The lowest BCUT2D eigenvalue weighted by molar-refractivity contribution is 0.355. The highest BCUT2D eigenvalue weighted by Gasteiger charge is 2.21. The standard InChI is InChI=1S/C22H21N7O2S/c1-4-11-7-12-13(27-22(24)28-19(12)23)8-15(11)29-16-10-18(31-3)17(30-2)9-14(16)26-20(29)21-25-5-6-32-21/h5-10H,4H2,1-3H3,(H4,23,24,27,28). The Morgan fingerprint density at radius 1 is 0.969 bits per heavy atom. The lowest BCUT2D eigenvalue weighted by Crippen LogP contribution is -2.05. The average Bonchev–Trinajstić information content (AvgIpc) is 3.44. The molecule has 32 heavy (non-hydrogen) atoms. The van der Waals surface area contributed by atoms with Crippen molar-refractivity contribution in [2.75, 3.05) is 25.7 Å². The molecule has 0 saturated heterocycles. The van der Waals surface area contributed by atoms with Crippen LogP contribution in [-0.4, -0.2) is 38.7 Å². The third-order valence-electron chi connectivity index (χ3n) is 5.35. The molecule has 0 fully saturated rings. The number of fused-ring (bicyclic) bond motifs is 2. The first-order valence-corrected chi connectivity index (χ1v) is 10.8. The SMILES string of the molecule is CCc1cc2c(N)nc(N)nc2cc1-n1c(-c2nccs2)nc2cc(OC)c(OC)cc21. The van der Waals surface area contributed by atoms with E-state index in [4.69, 9.17) is 25.9 Å². The van der Waals surface area contributed by atoms with Gasteiger partial charge in [0.1, 0.15) is 5.82 Å². The predicted octanol–water partition coefficient (Wildman–Crippen LogP) is 3.84. The average molecular weight is 448 g/mol. The number of rotatable bonds is 5. The first-order chi connectivity index (χ1) is 15.5. The van der Waals surface area contributed by atoms with Crippen molar-refractivity contribution in [1.82, 2.24) is 24.5 Å². The van der Waals surface area contributed by atoms with Crippen LogP contribution in [0.4, 0.5) is 11.8 Å². The summed E-state index contributed by atoms with van der Waals surface area (Å²) >= 11 is 1.52. The Balaban J connectivity index is 1.90. The van der Waals surface area contributed by atoms with Crippen LogP contribution in [0.1, 0.15) is 12.5 Å². The van der Waals surface area contributed by atoms with Crippen LogP contribution in [0.2, 0.25) is 0 Å². The van der Waals surface area contributed by atoms with Crippen LogP contribution < -0.4 is 20.9 Å². The number of hydrogen-bond donors (Lipinski definition) is 2. The van der Waals surface area contributed by atoms with Crippen molar-refractivity contribution < 1.29 is 9.47 Å². The van der Waals surface area contributed by atoms with Crippen molar-refractivity contribution in [1.29, 1.82) is 0 Å². The normalized spacial score (nSPS) is 11.3. The minimum absolute atomic E-state index is 0.132. The van der Waals surface area contributed by atoms with Gasteiger partial charge in [-0.1, -0.05) is 6.92 Å². The molecular weight excluding hydrogens is 426 g/mol. The highest BCUT2D eigenvalue weighted by atomic mass is 32.1. The maximum Gasteiger partial charge on any atom is 0.222 e. The molecular formula is C22H21N7O2S. The molecule has 0 aliphatic carbocycles. The zero-order valence-corrected chi connectivity index (χ0v) is 18.6. The molecule has 0 atom stereocenters. The molecule has 0 spiro atoms. The van der Waals surface area contributed by atoms with Gasteiger partial charge < -0.3 is 20.9 Å². The Labute approximate surface area is 187 Å². The van der Waals surface area contributed by atoms with Crippen molar-refractivity contribution in [3.05, 3.63) is 41.4 Å². The van der Waals surface area contributed by atoms with Gasteiger partial charge >= 0.3 is 0 Å². The minimum Gasteiger partial charge on any atom is -0.493 e. The monoisotopic (exact) mass is 447 g/mol. The van der Waals surface area contributed by atoms with E-state index in [0.29, 0.717) is 28.7 Å². The van der Waals surface area contributed by atoms with E-state index in [1.54, 1.807) is 20.4 Å². The van der Waals surface area contributed by atoms with Crippen LogP contribution >= 0.6 is 11.3 Å². The van der Waals surface area contributed by atoms with Crippen LogP contribution in [-0.2, 0) is 6.42 Å². The summed E-state index contributed by atoms with van der Waals surface area (Å²) < 4.78 is 13.1. The van der Waals surface area contributed by atoms with E-state index in [1.165, 1.54) is 11.3 Å². The fourth-order valence-corrected chi connectivity index (χ4v) is 4.48. The number of aryl methyl sites for hydroxylation is 1. The Bertz CT molecular complexity index is 1460. The zero-order valence-electron chi connectivity index (χ0n) is 17.8. The summed E-state index contributed by atoms with van der Waals surface area (Å²) in [5.41, 5.74) is 16.3. The molecule has 0 unspecified atom stereocenters. The maximum atomic E-state index is 6.13. The molecule has 5 rings (SSSR count). The van der Waals surface area contributed by atoms with Gasteiger partial charge in [0.25, 0.3) is 0 Å². The van der Waals surface area contributed by atoms with Gasteiger partial charge in [-0.25, -0.2) is 15.0 Å². The second kappa shape index (κ2) is 7.65. The Hall–Kier alpha value is -3.92. The number of thiazole rings is 1. The van der Waals surface area contributed by atoms with E-state index < -0.39 is 0 Å². The summed E-state index contributed by atoms with van der Waals surface area (Å²) in [6.07, 6.45) is 2.53. The third kappa shape index (κ3) is 3.07. The predicted molar refractivity (Wildman–Crippen MR) is 127 cm³/mol. The van der Waals surface area contributed by atoms with E-state index in [1.807, 2.05) is 29.6 Å². The van der Waals surface area contributed by atoms with Gasteiger partial charge in [0, 0.05) is 29.1 Å². The molecule has 0 radical (unpaired) electrons. The van der Waals surface area contributed by atoms with E-state index in [0.717, 1.165) is 39.1 Å². The number of nitrogens with zero attached hydrogens (tertiary/aromatic N) is 5. The van der Waals surface area contributed by atoms with Gasteiger partial charge in [0.2, 0.25) is 5.95 Å². The lowest BCUT2D eigenvalue weighted by Gasteiger charge is -2.15. The molecule has 0 aliphatic rings. The molecule has 162 valence electrons. The lowest BCUT2D eigenvalue weighted by atomic mass is 10.1. The van der Waals surface area contributed by atoms with Gasteiger partial charge in [-0.3, -0.25) is 4.57 Å². The van der Waals surface area contributed by atoms with Crippen LogP contribution in [0, 0.1) is 0 Å². The van der Waals surface area contributed by atoms with Crippen molar-refractivity contribution in [2.24, 2.45) is 0 Å². The van der Waals surface area contributed by atoms with Crippen molar-refractivity contribution in [3.8, 4) is 28.0 Å². The fourth-order valence-electron chi connectivity index (χ4n) is 3.87. The first-order valence-electron chi connectivity index (χ1n) is 9.94. The molecule has 4 N–H and O–H groups in total. The number of methoxy groups -OCH3 is 2. The fraction of sp³-hybridized carbons (Fsp3) is 0.182. The number of anilines is 2. The highest BCUT2D eigenvalue weighted by molar-refractivity contribution is 7.13. The Kier molecular flexibility index (Phi) is 4.78. The van der Waals surface area contributed by atoms with Gasteiger partial charge in [-0.05, 0) is 24.1 Å². The van der Waals surface area contributed by atoms with Gasteiger partial charge in [0.05, 0.1) is 36.5 Å². The Morgan fingerprint density at radius 3 is 2.44 bits per heavy atom. The van der Waals surface area contributed by atoms with Crippen LogP contribution in [0.15, 0.2) is 35.8 Å². The summed E-state index contributed by atoms with van der Waals surface area (Å²) in [6, 6.07) is 7.77. The van der Waals surface area contributed by atoms with E-state index in [2.05, 4.69) is 26.4 Å². The van der Waals surface area contributed by atoms with Crippen LogP contribution in [0.3, 0.4) is 0 Å². The summed E-state index contributed by atoms with van der Waals surface area (Å²) in [7, 11) is 3.22. The van der Waals surface area contributed by atoms with E-state index in [-0.39, 0.29) is 5.95 Å². The summed E-state index contributed by atoms with van der Waals surface area (Å²) in [6.45, 7) is 2.09. The molecule has 3 heterocycles. The molecule has 5 aromatic rings. The molecule has 9 nitrogen and oxygen atoms in total. The van der Waals surface area contributed by atoms with Crippen molar-refractivity contribution >= 4 is 45.0 Å². The topological polar surface area (TPSA) is 127 Å². The minimum atomic E-state index is 0.132. The van der Waals surface area contributed by atoms with Gasteiger partial charge in [0.15, 0.2) is 22.3 Å². The van der Waals surface area contributed by atoms with Crippen molar-refractivity contribution in [2.45, 2.75) is 13.3 Å². The molecule has 2 aromatic carbocycles. The number of aromatic nitrogens is 5. The van der Waals surface area contributed by atoms with Gasteiger partial charge in [-0.15, -0.1) is 11.3 Å². The second-order valence-electron chi connectivity index (χ2n) is 7.12. The van der Waals surface area contributed by atoms with Crippen molar-refractivity contribution in [3.63, 3.8) is 0 Å². The van der Waals surface area contributed by atoms with E-state index >= 15 is 0 Å². The smallest absolute Gasteiger partial charge is 0.222 e. The summed E-state index contributed by atoms with van der Waals surface area (Å²) in [5, 5.41) is 3.48. The summed E-state index contributed by atoms with van der Waals surface area (Å²) in [5.74, 6) is 2.43. The molecule has 3 aromatic heterocycles. The maximum absolute atomic E-state index is 6.13. The number of nitrogens with two attached hydrogens (primary N) is 2. The molecule has 0 amide bonds. The molecule has 10 heteroatoms. The Morgan fingerprint density at radius 2 is 1.75 bits per heavy atom. The number of hydrogen-bond acceptors (Lipinski definition) is 9. The quantitative estimate of drug-likeness (QED) is 0.416. The molecule has 0 bridgehead atoms. The molecule has 0 aliphatic heterocycles. The second-order valence-corrected chi connectivity index (χ2v) is 8.02. The van der Waals surface area contributed by atoms with Crippen LogP contribution in [0.25, 0.3) is 38.5 Å². The number of ether oxygens (including phenoxy) is 2. The summed E-state index contributed by atoms with van der Waals surface area (Å²) in [4.78, 5) is 17.9. The third-order valence-corrected chi connectivity index (χ3v) is 6.12. The first kappa shape index (κ1) is 20.0. The largest absolute Gasteiger partial charge is 0.493 e. The number of imidazole rings is 1. The van der Waals surface area contributed by atoms with Crippen LogP contribution in [0.5, 0.6) is 11.5 Å². The van der Waals surface area contributed by atoms with E-state index in [9.17, 15) is 0 Å².